The van der Waals surface area contributed by atoms with Crippen LogP contribution in [0.3, 0.4) is 0 Å². The van der Waals surface area contributed by atoms with Crippen LogP contribution >= 0.6 is 46.4 Å². The highest BCUT2D eigenvalue weighted by Gasteiger charge is 2.55. The number of hydroxylamine groups is 2. The van der Waals surface area contributed by atoms with Crippen LogP contribution in [0.5, 0.6) is 0 Å². The van der Waals surface area contributed by atoms with E-state index in [1.807, 2.05) is 6.92 Å². The number of rotatable bonds is 5. The largest absolute Gasteiger partial charge is 0.347 e. The molecule has 0 saturated carbocycles. The van der Waals surface area contributed by atoms with Crippen LogP contribution in [0.15, 0.2) is 36.4 Å². The number of nitrogens with one attached hydrogen (secondary N) is 1. The number of benzene rings is 2. The van der Waals surface area contributed by atoms with Gasteiger partial charge in [0, 0.05) is 17.9 Å². The number of hydrogen-bond acceptors (Lipinski definition) is 3. The van der Waals surface area contributed by atoms with E-state index in [4.69, 9.17) is 46.4 Å². The molecule has 0 unspecified atom stereocenters. The van der Waals surface area contributed by atoms with Crippen molar-refractivity contribution >= 4 is 69.8 Å². The zero-order chi connectivity index (χ0) is 23.8. The lowest BCUT2D eigenvalue weighted by Crippen LogP contribution is -2.58. The van der Waals surface area contributed by atoms with E-state index in [1.54, 1.807) is 36.9 Å². The Morgan fingerprint density at radius 2 is 1.66 bits per heavy atom. The molecule has 2 N–H and O–H groups in total. The second kappa shape index (κ2) is 9.53. The Balaban J connectivity index is 1.99. The smallest absolute Gasteiger partial charge is 0.315 e. The van der Waals surface area contributed by atoms with Gasteiger partial charge in [-0.25, -0.2) is 9.59 Å². The number of amides is 4. The molecule has 0 radical (unpaired) electrons. The van der Waals surface area contributed by atoms with Gasteiger partial charge in [-0.05, 0) is 56.7 Å². The lowest BCUT2D eigenvalue weighted by Gasteiger charge is -2.38. The van der Waals surface area contributed by atoms with E-state index in [-0.39, 0.29) is 16.1 Å². The van der Waals surface area contributed by atoms with Gasteiger partial charge in [-0.3, -0.25) is 10.1 Å². The van der Waals surface area contributed by atoms with Crippen molar-refractivity contribution in [2.45, 2.75) is 38.9 Å². The standard InChI is InChI=1S/C21H22Cl4N4O3/c1-4-9-27-20(31)28(13-6-8-15(23)17(25)11-13)18(21(27,2)3)29(32)19(30)26-12-5-7-14(22)16(24)10-12/h5-8,10-11,18,32H,4,9H2,1-3H3,(H,26,30)/t18-/m1/s1. The first-order valence-electron chi connectivity index (χ1n) is 9.79. The summed E-state index contributed by atoms with van der Waals surface area (Å²) in [5.41, 5.74) is -0.220. The van der Waals surface area contributed by atoms with Gasteiger partial charge in [0.2, 0.25) is 0 Å². The number of nitrogens with zero attached hydrogens (tertiary/aromatic N) is 3. The van der Waals surface area contributed by atoms with Crippen molar-refractivity contribution in [2.24, 2.45) is 0 Å². The van der Waals surface area contributed by atoms with Crippen molar-refractivity contribution in [3.63, 3.8) is 0 Å². The minimum atomic E-state index is -1.07. The summed E-state index contributed by atoms with van der Waals surface area (Å²) in [5.74, 6) is 0. The van der Waals surface area contributed by atoms with Crippen molar-refractivity contribution < 1.29 is 14.8 Å². The van der Waals surface area contributed by atoms with Crippen LogP contribution in [0.4, 0.5) is 21.0 Å². The fourth-order valence-electron chi connectivity index (χ4n) is 3.70. The minimum Gasteiger partial charge on any atom is -0.315 e. The Bertz CT molecular complexity index is 1050. The second-order valence-electron chi connectivity index (χ2n) is 7.83. The van der Waals surface area contributed by atoms with Crippen LogP contribution < -0.4 is 10.2 Å². The van der Waals surface area contributed by atoms with Crippen LogP contribution in [-0.2, 0) is 0 Å². The summed E-state index contributed by atoms with van der Waals surface area (Å²) in [5, 5.41) is 15.2. The number of carbonyl (C=O) groups excluding carboxylic acids is 2. The van der Waals surface area contributed by atoms with Crippen molar-refractivity contribution in [1.29, 1.82) is 0 Å². The van der Waals surface area contributed by atoms with Gasteiger partial charge in [-0.1, -0.05) is 53.3 Å². The Hall–Kier alpha value is -1.90. The molecule has 172 valence electrons. The molecule has 1 atom stereocenters. The molecule has 1 heterocycles. The highest BCUT2D eigenvalue weighted by molar-refractivity contribution is 6.42. The molecule has 2 aromatic rings. The van der Waals surface area contributed by atoms with E-state index < -0.39 is 17.7 Å². The van der Waals surface area contributed by atoms with E-state index in [9.17, 15) is 14.8 Å². The highest BCUT2D eigenvalue weighted by Crippen LogP contribution is 2.39. The SMILES string of the molecule is CCCN1C(=O)N(c2ccc(Cl)c(Cl)c2)[C@H](N(O)C(=O)Nc2ccc(Cl)c(Cl)c2)C1(C)C. The quantitative estimate of drug-likeness (QED) is 0.330. The zero-order valence-electron chi connectivity index (χ0n) is 17.6. The van der Waals surface area contributed by atoms with Crippen LogP contribution in [0, 0.1) is 0 Å². The molecule has 1 fully saturated rings. The third-order valence-corrected chi connectivity index (χ3v) is 6.73. The molecule has 1 aliphatic heterocycles. The predicted octanol–water partition coefficient (Wildman–Crippen LogP) is 6.98. The molecule has 0 aliphatic carbocycles. The van der Waals surface area contributed by atoms with E-state index in [2.05, 4.69) is 5.32 Å². The van der Waals surface area contributed by atoms with E-state index in [1.165, 1.54) is 23.1 Å². The maximum Gasteiger partial charge on any atom is 0.347 e. The van der Waals surface area contributed by atoms with Crippen LogP contribution in [0.2, 0.25) is 20.1 Å². The molecule has 3 rings (SSSR count). The third kappa shape index (κ3) is 4.58. The summed E-state index contributed by atoms with van der Waals surface area (Å²) >= 11 is 24.1. The number of hydrogen-bond donors (Lipinski definition) is 2. The molecule has 1 saturated heterocycles. The first-order valence-corrected chi connectivity index (χ1v) is 11.3. The van der Waals surface area contributed by atoms with E-state index in [0.717, 1.165) is 0 Å². The second-order valence-corrected chi connectivity index (χ2v) is 9.46. The van der Waals surface area contributed by atoms with Crippen molar-refractivity contribution in [2.75, 3.05) is 16.8 Å². The number of halogens is 4. The molecule has 2 aromatic carbocycles. The van der Waals surface area contributed by atoms with Gasteiger partial charge in [-0.2, -0.15) is 5.06 Å². The number of anilines is 2. The molecule has 1 aliphatic rings. The van der Waals surface area contributed by atoms with Gasteiger partial charge >= 0.3 is 12.1 Å². The lowest BCUT2D eigenvalue weighted by atomic mass is 9.99. The van der Waals surface area contributed by atoms with Gasteiger partial charge in [0.1, 0.15) is 0 Å². The molecule has 32 heavy (non-hydrogen) atoms. The highest BCUT2D eigenvalue weighted by atomic mass is 35.5. The summed E-state index contributed by atoms with van der Waals surface area (Å²) in [7, 11) is 0. The fourth-order valence-corrected chi connectivity index (χ4v) is 4.30. The Morgan fingerprint density at radius 3 is 2.22 bits per heavy atom. The Kier molecular flexibility index (Phi) is 7.37. The number of carbonyl (C=O) groups is 2. The molecular weight excluding hydrogens is 498 g/mol. The first kappa shape index (κ1) is 24.7. The van der Waals surface area contributed by atoms with Crippen molar-refractivity contribution in [3.8, 4) is 0 Å². The normalized spacial score (nSPS) is 17.6. The molecule has 4 amide bonds. The van der Waals surface area contributed by atoms with Crippen LogP contribution in [0.25, 0.3) is 0 Å². The first-order chi connectivity index (χ1) is 15.0. The molecule has 0 spiro atoms. The van der Waals surface area contributed by atoms with Crippen molar-refractivity contribution in [3.05, 3.63) is 56.5 Å². The third-order valence-electron chi connectivity index (χ3n) is 5.25. The fraction of sp³-hybridized carbons (Fsp3) is 0.333. The lowest BCUT2D eigenvalue weighted by molar-refractivity contribution is -0.0948. The van der Waals surface area contributed by atoms with Gasteiger partial charge < -0.3 is 10.2 Å². The Labute approximate surface area is 206 Å². The Morgan fingerprint density at radius 1 is 1.06 bits per heavy atom. The molecular formula is C21H22Cl4N4O3. The van der Waals surface area contributed by atoms with E-state index in [0.29, 0.717) is 39.4 Å². The van der Waals surface area contributed by atoms with Crippen LogP contribution in [0.1, 0.15) is 27.2 Å². The van der Waals surface area contributed by atoms with E-state index >= 15 is 0 Å². The summed E-state index contributed by atoms with van der Waals surface area (Å²) in [6.07, 6.45) is -0.376. The topological polar surface area (TPSA) is 76.1 Å². The van der Waals surface area contributed by atoms with Gasteiger partial charge in [-0.15, -0.1) is 0 Å². The predicted molar refractivity (Wildman–Crippen MR) is 128 cm³/mol. The summed E-state index contributed by atoms with van der Waals surface area (Å²) < 4.78 is 0. The van der Waals surface area contributed by atoms with Crippen LogP contribution in [-0.4, -0.2) is 45.5 Å². The molecule has 0 aromatic heterocycles. The minimum absolute atomic E-state index is 0.243. The van der Waals surface area contributed by atoms with Crippen molar-refractivity contribution in [1.82, 2.24) is 9.96 Å². The maximum absolute atomic E-state index is 13.4. The van der Waals surface area contributed by atoms with Gasteiger partial charge in [0.05, 0.1) is 25.6 Å². The molecule has 0 bridgehead atoms. The zero-order valence-corrected chi connectivity index (χ0v) is 20.6. The van der Waals surface area contributed by atoms with Gasteiger partial charge in [0.15, 0.2) is 6.17 Å². The maximum atomic E-state index is 13.4. The molecule has 11 heteroatoms. The summed E-state index contributed by atoms with van der Waals surface area (Å²) in [4.78, 5) is 29.2. The average molecular weight is 520 g/mol. The summed E-state index contributed by atoms with van der Waals surface area (Å²) in [6, 6.07) is 7.98. The van der Waals surface area contributed by atoms with Gasteiger partial charge in [0.25, 0.3) is 0 Å². The monoisotopic (exact) mass is 518 g/mol. The molecule has 7 nitrogen and oxygen atoms in total. The number of urea groups is 2. The summed E-state index contributed by atoms with van der Waals surface area (Å²) in [6.45, 7) is 5.92. The average Bonchev–Trinajstić information content (AvgIpc) is 2.92.